The molecule has 0 saturated carbocycles. The van der Waals surface area contributed by atoms with Crippen LogP contribution in [-0.4, -0.2) is 47.3 Å². The highest BCUT2D eigenvalue weighted by Crippen LogP contribution is 2.14. The topological polar surface area (TPSA) is 127 Å². The van der Waals surface area contributed by atoms with Crippen LogP contribution in [0, 0.1) is 0 Å². The maximum atomic E-state index is 11.7. The number of allylic oxidation sites excluding steroid dienone is 6. The van der Waals surface area contributed by atoms with E-state index in [0.29, 0.717) is 0 Å². The molecule has 0 aliphatic heterocycles. The van der Waals surface area contributed by atoms with Gasteiger partial charge in [-0.05, 0) is 84.8 Å². The van der Waals surface area contributed by atoms with Gasteiger partial charge in [0.15, 0.2) is 0 Å². The fraction of sp³-hybridized carbons (Fsp3) is 0.448. The molecule has 0 aromatic rings. The van der Waals surface area contributed by atoms with Crippen LogP contribution < -0.4 is 0 Å². The molecule has 0 heterocycles. The Kier molecular flexibility index (Phi) is 17.6. The van der Waals surface area contributed by atoms with E-state index < -0.39 is 23.9 Å². The summed E-state index contributed by atoms with van der Waals surface area (Å²) in [6.07, 6.45) is 16.2. The van der Waals surface area contributed by atoms with Gasteiger partial charge in [0.05, 0.1) is 0 Å². The van der Waals surface area contributed by atoms with Gasteiger partial charge in [0.25, 0.3) is 0 Å². The highest BCUT2D eigenvalue weighted by molar-refractivity contribution is 5.95. The summed E-state index contributed by atoms with van der Waals surface area (Å²) in [7, 11) is 0. The molecule has 37 heavy (non-hydrogen) atoms. The van der Waals surface area contributed by atoms with Crippen molar-refractivity contribution in [2.24, 2.45) is 0 Å². The molecule has 0 amide bonds. The second-order valence-electron chi connectivity index (χ2n) is 8.86. The third kappa shape index (κ3) is 20.2. The van der Waals surface area contributed by atoms with Gasteiger partial charge < -0.3 is 19.7 Å². The monoisotopic (exact) mass is 516 g/mol. The number of hydrogen-bond acceptors (Lipinski definition) is 6. The van der Waals surface area contributed by atoms with Crippen molar-refractivity contribution in [2.45, 2.75) is 73.1 Å². The highest BCUT2D eigenvalue weighted by Gasteiger charge is 2.06. The Hall–Kier alpha value is -3.68. The second kappa shape index (κ2) is 19.5. The minimum Gasteiger partial charge on any atom is -0.478 e. The Morgan fingerprint density at radius 2 is 1.11 bits per heavy atom. The number of ether oxygens (including phenoxy) is 2. The Bertz CT molecular complexity index is 974. The number of carboxylic acid groups (broad SMARTS) is 2. The number of aliphatic carboxylic acids is 2. The predicted octanol–water partition coefficient (Wildman–Crippen LogP) is 5.87. The normalized spacial score (nSPS) is 13.6. The molecule has 0 spiro atoms. The molecule has 0 aromatic heterocycles. The first-order valence-corrected chi connectivity index (χ1v) is 12.2. The lowest BCUT2D eigenvalue weighted by Gasteiger charge is -2.04. The lowest BCUT2D eigenvalue weighted by atomic mass is 10.0. The molecule has 0 aliphatic carbocycles. The Morgan fingerprint density at radius 3 is 1.59 bits per heavy atom. The number of esters is 2. The molecule has 8 nitrogen and oxygen atoms in total. The van der Waals surface area contributed by atoms with E-state index in [4.69, 9.17) is 19.7 Å². The summed E-state index contributed by atoms with van der Waals surface area (Å²) in [6, 6.07) is 0. The first-order chi connectivity index (χ1) is 17.4. The summed E-state index contributed by atoms with van der Waals surface area (Å²) in [5, 5.41) is 17.1. The first-order valence-electron chi connectivity index (χ1n) is 12.2. The summed E-state index contributed by atoms with van der Waals surface area (Å²) in [6.45, 7) is 9.71. The Labute approximate surface area is 219 Å². The lowest BCUT2D eigenvalue weighted by molar-refractivity contribution is -0.139. The van der Waals surface area contributed by atoms with Crippen LogP contribution in [0.4, 0.5) is 0 Å². The van der Waals surface area contributed by atoms with Gasteiger partial charge in [-0.1, -0.05) is 34.9 Å². The summed E-state index contributed by atoms with van der Waals surface area (Å²) in [4.78, 5) is 44.0. The minimum atomic E-state index is -1.19. The van der Waals surface area contributed by atoms with Crippen LogP contribution in [0.1, 0.15) is 73.1 Å². The number of carbonyl (C=O) groups excluding carboxylic acids is 2. The molecule has 0 radical (unpaired) electrons. The quantitative estimate of drug-likeness (QED) is 0.140. The van der Waals surface area contributed by atoms with Crippen molar-refractivity contribution in [3.8, 4) is 0 Å². The van der Waals surface area contributed by atoms with E-state index in [1.807, 2.05) is 26.0 Å². The summed E-state index contributed by atoms with van der Waals surface area (Å²) < 4.78 is 10.0. The molecule has 0 rings (SSSR count). The summed E-state index contributed by atoms with van der Waals surface area (Å²) in [5.74, 6) is -3.68. The minimum absolute atomic E-state index is 0.0554. The summed E-state index contributed by atoms with van der Waals surface area (Å²) >= 11 is 0. The van der Waals surface area contributed by atoms with E-state index in [0.717, 1.165) is 67.9 Å². The number of rotatable bonds is 17. The zero-order valence-corrected chi connectivity index (χ0v) is 22.5. The third-order valence-corrected chi connectivity index (χ3v) is 5.21. The molecule has 0 aliphatic rings. The van der Waals surface area contributed by atoms with Gasteiger partial charge in [0.2, 0.25) is 0 Å². The van der Waals surface area contributed by atoms with Crippen molar-refractivity contribution in [1.29, 1.82) is 0 Å². The van der Waals surface area contributed by atoms with Crippen molar-refractivity contribution in [1.82, 2.24) is 0 Å². The van der Waals surface area contributed by atoms with Crippen LogP contribution in [0.15, 0.2) is 70.4 Å². The molecule has 0 bridgehead atoms. The van der Waals surface area contributed by atoms with Crippen LogP contribution in [0.2, 0.25) is 0 Å². The lowest BCUT2D eigenvalue weighted by Crippen LogP contribution is -2.07. The molecule has 0 aromatic carbocycles. The largest absolute Gasteiger partial charge is 0.478 e. The van der Waals surface area contributed by atoms with Gasteiger partial charge in [-0.25, -0.2) is 19.2 Å². The van der Waals surface area contributed by atoms with Gasteiger partial charge in [0.1, 0.15) is 13.2 Å². The SMILES string of the molecule is C/C(=C\CC/C(C)=C/COC(=O)/C(C)=C/C(=O)O)CC/C=C(\C)CC/C=C(\C)COC(=O)/C=C/C(=O)O. The first kappa shape index (κ1) is 33.3. The van der Waals surface area contributed by atoms with Gasteiger partial charge in [-0.3, -0.25) is 0 Å². The van der Waals surface area contributed by atoms with Gasteiger partial charge in [-0.2, -0.15) is 0 Å². The average Bonchev–Trinajstić information content (AvgIpc) is 2.80. The number of carbonyl (C=O) groups is 4. The van der Waals surface area contributed by atoms with Crippen LogP contribution >= 0.6 is 0 Å². The standard InChI is InChI=1S/C29H40O8/c1-21(11-7-13-23(3)17-18-36-29(35)25(5)19-27(32)33)9-6-10-22(2)12-8-14-24(4)20-37-28(34)16-15-26(30)31/h10-11,14-17,19H,6-9,12-13,18,20H2,1-5H3,(H,30,31)(H,32,33)/b16-15+,21-11+,22-10+,23-17+,24-14+,25-19+. The molecule has 0 unspecified atom stereocenters. The van der Waals surface area contributed by atoms with Crippen molar-refractivity contribution < 1.29 is 38.9 Å². The second-order valence-corrected chi connectivity index (χ2v) is 8.86. The predicted molar refractivity (Wildman–Crippen MR) is 143 cm³/mol. The van der Waals surface area contributed by atoms with Crippen LogP contribution in [-0.2, 0) is 28.7 Å². The van der Waals surface area contributed by atoms with E-state index in [1.165, 1.54) is 18.1 Å². The zero-order chi connectivity index (χ0) is 28.2. The van der Waals surface area contributed by atoms with Crippen molar-refractivity contribution >= 4 is 23.9 Å². The van der Waals surface area contributed by atoms with Crippen molar-refractivity contribution in [2.75, 3.05) is 13.2 Å². The van der Waals surface area contributed by atoms with Gasteiger partial charge in [-0.15, -0.1) is 0 Å². The number of hydrogen-bond donors (Lipinski definition) is 2. The van der Waals surface area contributed by atoms with Crippen LogP contribution in [0.3, 0.4) is 0 Å². The molecule has 8 heteroatoms. The van der Waals surface area contributed by atoms with E-state index >= 15 is 0 Å². The molecular weight excluding hydrogens is 476 g/mol. The van der Waals surface area contributed by atoms with E-state index in [1.54, 1.807) is 0 Å². The fourth-order valence-electron chi connectivity index (χ4n) is 2.99. The Balaban J connectivity index is 4.24. The van der Waals surface area contributed by atoms with Gasteiger partial charge >= 0.3 is 23.9 Å². The molecular formula is C29H40O8. The van der Waals surface area contributed by atoms with E-state index in [-0.39, 0.29) is 18.8 Å². The average molecular weight is 517 g/mol. The Morgan fingerprint density at radius 1 is 0.622 bits per heavy atom. The maximum Gasteiger partial charge on any atom is 0.334 e. The molecule has 204 valence electrons. The van der Waals surface area contributed by atoms with Gasteiger partial charge in [0, 0.05) is 23.8 Å². The van der Waals surface area contributed by atoms with E-state index in [9.17, 15) is 19.2 Å². The zero-order valence-electron chi connectivity index (χ0n) is 22.5. The maximum absolute atomic E-state index is 11.7. The number of carboxylic acids is 2. The molecule has 0 fully saturated rings. The van der Waals surface area contributed by atoms with E-state index in [2.05, 4.69) is 26.0 Å². The molecule has 2 N–H and O–H groups in total. The third-order valence-electron chi connectivity index (χ3n) is 5.21. The van der Waals surface area contributed by atoms with Crippen LogP contribution in [0.25, 0.3) is 0 Å². The van der Waals surface area contributed by atoms with Crippen LogP contribution in [0.5, 0.6) is 0 Å². The highest BCUT2D eigenvalue weighted by atomic mass is 16.5. The van der Waals surface area contributed by atoms with Crippen molar-refractivity contribution in [3.63, 3.8) is 0 Å². The molecule has 0 atom stereocenters. The smallest absolute Gasteiger partial charge is 0.334 e. The van der Waals surface area contributed by atoms with Crippen molar-refractivity contribution in [3.05, 3.63) is 70.4 Å². The summed E-state index contributed by atoms with van der Waals surface area (Å²) in [5.41, 5.74) is 4.67. The molecule has 0 saturated heterocycles. The fourth-order valence-corrected chi connectivity index (χ4v) is 2.99.